The number of halogens is 3. The van der Waals surface area contributed by atoms with Gasteiger partial charge in [-0.05, 0) is 87.4 Å². The monoisotopic (exact) mass is 1030 g/mol. The van der Waals surface area contributed by atoms with Crippen LogP contribution in [0.15, 0.2) is 67.4 Å². The van der Waals surface area contributed by atoms with Crippen LogP contribution >= 0.6 is 0 Å². The Hall–Kier alpha value is -6.25. The van der Waals surface area contributed by atoms with Gasteiger partial charge in [-0.3, -0.25) is 34.2 Å². The molecule has 5 atom stereocenters. The molecular weight excluding hydrogens is 960 g/mol. The third-order valence-corrected chi connectivity index (χ3v) is 15.0. The highest BCUT2D eigenvalue weighted by Crippen LogP contribution is 2.47. The van der Waals surface area contributed by atoms with Gasteiger partial charge in [0.05, 0.1) is 54.3 Å². The topological polar surface area (TPSA) is 179 Å². The number of cyclic esters (lactones) is 1. The molecule has 20 heteroatoms. The van der Waals surface area contributed by atoms with Crippen molar-refractivity contribution in [2.75, 3.05) is 66.6 Å². The van der Waals surface area contributed by atoms with Crippen molar-refractivity contribution in [1.29, 1.82) is 0 Å². The van der Waals surface area contributed by atoms with Crippen molar-refractivity contribution in [3.05, 3.63) is 89.9 Å². The first-order valence-corrected chi connectivity index (χ1v) is 25.5. The summed E-state index contributed by atoms with van der Waals surface area (Å²) in [5.41, 5.74) is 5.59. The number of alkyl halides is 3. The Morgan fingerprint density at radius 3 is 2.51 bits per heavy atom. The van der Waals surface area contributed by atoms with Crippen LogP contribution < -0.4 is 10.7 Å². The van der Waals surface area contributed by atoms with Gasteiger partial charge >= 0.3 is 18.2 Å². The lowest BCUT2D eigenvalue weighted by Gasteiger charge is -2.47. The number of esters is 1. The molecule has 1 aromatic carbocycles. The molecule has 6 bridgehead atoms. The number of carbonyl (C=O) groups excluding carboxylic acids is 5. The van der Waals surface area contributed by atoms with Crippen LogP contribution in [-0.4, -0.2) is 166 Å². The number of methoxy groups -OCH3 is 1. The molecule has 1 spiro atoms. The molecule has 74 heavy (non-hydrogen) atoms. The van der Waals surface area contributed by atoms with Crippen molar-refractivity contribution in [1.82, 2.24) is 40.4 Å². The van der Waals surface area contributed by atoms with Crippen LogP contribution in [0.3, 0.4) is 0 Å². The first-order chi connectivity index (χ1) is 35.1. The molecule has 3 saturated heterocycles. The highest BCUT2D eigenvalue weighted by atomic mass is 19.4. The summed E-state index contributed by atoms with van der Waals surface area (Å²) in [5.74, 6) is -2.89. The Morgan fingerprint density at radius 1 is 1.05 bits per heavy atom. The second kappa shape index (κ2) is 21.9. The maximum absolute atomic E-state index is 14.8. The first-order valence-electron chi connectivity index (χ1n) is 25.5. The molecule has 2 N–H and O–H groups in total. The number of hydrogen-bond acceptors (Lipinski definition) is 11. The van der Waals surface area contributed by atoms with E-state index in [9.17, 15) is 37.1 Å². The van der Waals surface area contributed by atoms with Crippen LogP contribution in [0, 0.1) is 11.3 Å². The van der Waals surface area contributed by atoms with Crippen molar-refractivity contribution < 1.29 is 55.9 Å². The average Bonchev–Trinajstić information content (AvgIpc) is 3.66. The van der Waals surface area contributed by atoms with Gasteiger partial charge in [0.15, 0.2) is 5.71 Å². The van der Waals surface area contributed by atoms with Crippen LogP contribution in [0.25, 0.3) is 11.3 Å². The maximum atomic E-state index is 14.8. The van der Waals surface area contributed by atoms with Crippen molar-refractivity contribution in [3.8, 4) is 11.3 Å². The molecule has 0 saturated carbocycles. The molecule has 3 aromatic rings. The van der Waals surface area contributed by atoms with E-state index in [4.69, 9.17) is 19.2 Å². The number of benzene rings is 1. The number of rotatable bonds is 9. The lowest BCUT2D eigenvalue weighted by molar-refractivity contribution is -0.480. The van der Waals surface area contributed by atoms with E-state index in [0.717, 1.165) is 0 Å². The number of aromatic nitrogens is 2. The van der Waals surface area contributed by atoms with E-state index in [1.54, 1.807) is 72.4 Å². The minimum absolute atomic E-state index is 0.0864. The fraction of sp³-hybridized carbons (Fsp3) is 0.556. The highest BCUT2D eigenvalue weighted by Gasteiger charge is 2.49. The first kappa shape index (κ1) is 54.0. The lowest BCUT2D eigenvalue weighted by atomic mass is 9.77. The Bertz CT molecular complexity index is 2670. The van der Waals surface area contributed by atoms with Gasteiger partial charge in [-0.1, -0.05) is 40.3 Å². The number of pyridine rings is 2. The van der Waals surface area contributed by atoms with Crippen LogP contribution in [-0.2, 0) is 39.8 Å². The van der Waals surface area contributed by atoms with Crippen LogP contribution in [0.2, 0.25) is 0 Å². The number of likely N-dealkylation sites (tertiary alicyclic amines) is 1. The number of carbonyl (C=O) groups is 5. The predicted octanol–water partition coefficient (Wildman–Crippen LogP) is 6.10. The molecule has 398 valence electrons. The molecule has 7 heterocycles. The molecule has 5 aliphatic heterocycles. The SMILES string of the molecule is C=CC(=O)N1CCOC2(CCN(C(=O)N(C)[C@H](C(=O)N[C@H]3Cc4cccc(n4)-c4ccc5c(c4)C(CC(C)(C)COC(=O)[C@@H]4CCCN(N4)C3=O)C(c3cccnc3[C@H](C)OC)=[N+]5CC(F)(F)F)C(C)C)CC2)C1. The summed E-state index contributed by atoms with van der Waals surface area (Å²) in [4.78, 5) is 84.5. The van der Waals surface area contributed by atoms with E-state index in [1.165, 1.54) is 27.7 Å². The zero-order valence-electron chi connectivity index (χ0n) is 43.4. The number of likely N-dealkylation sites (N-methyl/N-ethyl adjacent to an activating group) is 1. The molecule has 5 aliphatic rings. The minimum atomic E-state index is -4.59. The second-order valence-electron chi connectivity index (χ2n) is 21.4. The van der Waals surface area contributed by atoms with E-state index < -0.39 is 77.6 Å². The molecule has 2 aromatic heterocycles. The van der Waals surface area contributed by atoms with E-state index in [-0.39, 0.29) is 37.9 Å². The van der Waals surface area contributed by atoms with E-state index in [0.29, 0.717) is 104 Å². The summed E-state index contributed by atoms with van der Waals surface area (Å²) >= 11 is 0. The molecule has 5 amide bonds. The third-order valence-electron chi connectivity index (χ3n) is 15.0. The van der Waals surface area contributed by atoms with Gasteiger partial charge in [-0.15, -0.1) is 0 Å². The smallest absolute Gasteiger partial charge is 0.448 e. The second-order valence-corrected chi connectivity index (χ2v) is 21.4. The van der Waals surface area contributed by atoms with Gasteiger partial charge < -0.3 is 34.2 Å². The van der Waals surface area contributed by atoms with Gasteiger partial charge in [0, 0.05) is 81.3 Å². The summed E-state index contributed by atoms with van der Waals surface area (Å²) < 4.78 is 63.5. The zero-order chi connectivity index (χ0) is 53.3. The van der Waals surface area contributed by atoms with E-state index >= 15 is 0 Å². The molecule has 1 unspecified atom stereocenters. The number of amides is 5. The van der Waals surface area contributed by atoms with Crippen LogP contribution in [0.4, 0.5) is 23.7 Å². The summed E-state index contributed by atoms with van der Waals surface area (Å²) in [6.45, 7) is 13.6. The number of ether oxygens (including phenoxy) is 3. The number of piperidine rings is 1. The van der Waals surface area contributed by atoms with Gasteiger partial charge in [-0.2, -0.15) is 17.7 Å². The quantitative estimate of drug-likeness (QED) is 0.144. The molecule has 17 nitrogen and oxygen atoms in total. The number of nitrogens with zero attached hydrogens (tertiary/aromatic N) is 7. The van der Waals surface area contributed by atoms with Gasteiger partial charge in [-0.25, -0.2) is 10.2 Å². The number of hydrazine groups is 1. The Kier molecular flexibility index (Phi) is 16.0. The molecule has 0 radical (unpaired) electrons. The molecular formula is C54H69F3N9O8+. The van der Waals surface area contributed by atoms with E-state index in [2.05, 4.69) is 22.3 Å². The highest BCUT2D eigenvalue weighted by molar-refractivity contribution is 6.06. The Morgan fingerprint density at radius 2 is 1.81 bits per heavy atom. The fourth-order valence-corrected chi connectivity index (χ4v) is 11.2. The number of hydrogen-bond donors (Lipinski definition) is 2. The average molecular weight is 1030 g/mol. The van der Waals surface area contributed by atoms with Gasteiger partial charge in [0.25, 0.3) is 5.91 Å². The molecule has 3 fully saturated rings. The lowest BCUT2D eigenvalue weighted by Crippen LogP contribution is -2.63. The fourth-order valence-electron chi connectivity index (χ4n) is 11.2. The normalized spacial score (nSPS) is 22.9. The number of fused-ring (bicyclic) bond motifs is 6. The van der Waals surface area contributed by atoms with Crippen LogP contribution in [0.5, 0.6) is 0 Å². The largest absolute Gasteiger partial charge is 0.464 e. The van der Waals surface area contributed by atoms with Crippen molar-refractivity contribution >= 4 is 41.1 Å². The number of morpholine rings is 1. The Labute approximate surface area is 430 Å². The predicted molar refractivity (Wildman–Crippen MR) is 268 cm³/mol. The minimum Gasteiger partial charge on any atom is -0.464 e. The number of urea groups is 1. The molecule has 0 aliphatic carbocycles. The summed E-state index contributed by atoms with van der Waals surface area (Å²) in [7, 11) is 3.09. The van der Waals surface area contributed by atoms with Gasteiger partial charge in [0.1, 0.15) is 18.1 Å². The Balaban J connectivity index is 1.12. The van der Waals surface area contributed by atoms with E-state index in [1.807, 2.05) is 33.8 Å². The molecule has 8 rings (SSSR count). The van der Waals surface area contributed by atoms with Crippen LogP contribution in [0.1, 0.15) is 101 Å². The van der Waals surface area contributed by atoms with Crippen molar-refractivity contribution in [2.45, 2.75) is 115 Å². The van der Waals surface area contributed by atoms with Crippen molar-refractivity contribution in [2.24, 2.45) is 11.3 Å². The zero-order valence-corrected chi connectivity index (χ0v) is 43.4. The standard InChI is InChI=1S/C54H68F3N9O8/c1-9-44(67)64-25-26-74-53(30-64)19-23-63(24-20-53)51(71)62(7)46(33(2)3)48(68)60-42-28-36-13-10-15-40(59-36)35-17-18-43-38(27-35)39(29-52(5,6)32-73-50(70)41-16-12-22-66(61-41)49(42)69)47(65(43)31-54(55,56)57)37-14-11-21-58-45(37)34(4)72-8/h9-11,13-15,17-18,21,27,33-34,39,41-42,46,61H,1,12,16,19-20,22-26,28-32H2,2-8H3/p+1/t34-,39?,41-,42-,46-/m0/s1. The third kappa shape index (κ3) is 11.7. The summed E-state index contributed by atoms with van der Waals surface area (Å²) in [6.07, 6.45) is -0.308. The maximum Gasteiger partial charge on any atom is 0.448 e. The summed E-state index contributed by atoms with van der Waals surface area (Å²) in [6, 6.07) is 10.5. The summed E-state index contributed by atoms with van der Waals surface area (Å²) in [5, 5.41) is 4.32. The number of nitrogens with one attached hydrogen (secondary N) is 2. The van der Waals surface area contributed by atoms with Crippen molar-refractivity contribution in [3.63, 3.8) is 0 Å². The van der Waals surface area contributed by atoms with Gasteiger partial charge in [0.2, 0.25) is 24.0 Å².